The highest BCUT2D eigenvalue weighted by Gasteiger charge is 2.68. The monoisotopic (exact) mass is 521 g/mol. The third-order valence-electron chi connectivity index (χ3n) is 9.23. The van der Waals surface area contributed by atoms with Crippen molar-refractivity contribution >= 4 is 17.6 Å². The summed E-state index contributed by atoms with van der Waals surface area (Å²) in [5, 5.41) is 0. The van der Waals surface area contributed by atoms with Crippen molar-refractivity contribution in [2.45, 2.75) is 59.4 Å². The molecule has 1 aliphatic heterocycles. The molecule has 3 aliphatic rings. The number of rotatable bonds is 3. The molecule has 39 heavy (non-hydrogen) atoms. The van der Waals surface area contributed by atoms with Gasteiger partial charge in [0.1, 0.15) is 11.2 Å². The summed E-state index contributed by atoms with van der Waals surface area (Å²) in [6.07, 6.45) is 10.9. The van der Waals surface area contributed by atoms with Crippen molar-refractivity contribution in [2.24, 2.45) is 29.1 Å². The quantitative estimate of drug-likeness (QED) is 0.249. The van der Waals surface area contributed by atoms with Gasteiger partial charge in [0.15, 0.2) is 0 Å². The number of Topliss-reactive ketones (excluding diaryl/α,β-unsaturated/α-hetero) is 1. The van der Waals surface area contributed by atoms with Crippen molar-refractivity contribution in [3.63, 3.8) is 0 Å². The van der Waals surface area contributed by atoms with E-state index in [4.69, 9.17) is 0 Å². The normalized spacial score (nSPS) is 33.2. The van der Waals surface area contributed by atoms with Gasteiger partial charge in [-0.25, -0.2) is 0 Å². The van der Waals surface area contributed by atoms with Gasteiger partial charge >= 0.3 is 0 Å². The van der Waals surface area contributed by atoms with Crippen molar-refractivity contribution in [2.75, 3.05) is 0 Å². The largest absolute Gasteiger partial charge is 0.298 e. The molecule has 5 rings (SSSR count). The number of allylic oxidation sites excluding steroid dienone is 6. The van der Waals surface area contributed by atoms with Gasteiger partial charge in [0.25, 0.3) is 5.91 Å². The number of hydrogen-bond acceptors (Lipinski definition) is 3. The maximum absolute atomic E-state index is 14.9. The molecule has 2 aliphatic carbocycles. The van der Waals surface area contributed by atoms with Gasteiger partial charge < -0.3 is 0 Å². The minimum absolute atomic E-state index is 0.0227. The van der Waals surface area contributed by atoms with Crippen LogP contribution in [0, 0.1) is 29.1 Å². The van der Waals surface area contributed by atoms with Crippen molar-refractivity contribution < 1.29 is 14.4 Å². The number of benzene rings is 2. The number of imide groups is 1. The molecule has 6 atom stereocenters. The summed E-state index contributed by atoms with van der Waals surface area (Å²) in [6.45, 7) is 8.50. The van der Waals surface area contributed by atoms with E-state index in [0.717, 1.165) is 12.0 Å². The molecule has 0 N–H and O–H groups in total. The van der Waals surface area contributed by atoms with Crippen LogP contribution in [0.15, 0.2) is 96.1 Å². The zero-order chi connectivity index (χ0) is 27.7. The van der Waals surface area contributed by atoms with Gasteiger partial charge in [-0.1, -0.05) is 97.8 Å². The maximum atomic E-state index is 14.9. The average molecular weight is 522 g/mol. The second kappa shape index (κ2) is 10.9. The molecule has 1 spiro atoms. The molecule has 2 aromatic carbocycles. The summed E-state index contributed by atoms with van der Waals surface area (Å²) >= 11 is 0. The van der Waals surface area contributed by atoms with Crippen LogP contribution in [0.25, 0.3) is 0 Å². The molecule has 2 aromatic rings. The Labute approximate surface area is 232 Å². The van der Waals surface area contributed by atoms with Crippen LogP contribution in [0.4, 0.5) is 0 Å². The molecule has 1 saturated heterocycles. The lowest BCUT2D eigenvalue weighted by molar-refractivity contribution is -0.147. The Morgan fingerprint density at radius 2 is 1.59 bits per heavy atom. The smallest absolute Gasteiger partial charge is 0.260 e. The second-order valence-corrected chi connectivity index (χ2v) is 11.8. The molecule has 0 bridgehead atoms. The van der Waals surface area contributed by atoms with Crippen LogP contribution in [0.1, 0.15) is 62.9 Å². The zero-order valence-electron chi connectivity index (χ0n) is 23.5. The lowest BCUT2D eigenvalue weighted by Gasteiger charge is -2.44. The van der Waals surface area contributed by atoms with Gasteiger partial charge in [0.05, 0.1) is 0 Å². The van der Waals surface area contributed by atoms with Crippen LogP contribution in [0.3, 0.4) is 0 Å². The molecule has 4 nitrogen and oxygen atoms in total. The lowest BCUT2D eigenvalue weighted by Crippen LogP contribution is -2.52. The Morgan fingerprint density at radius 1 is 0.923 bits per heavy atom. The van der Waals surface area contributed by atoms with Crippen LogP contribution >= 0.6 is 0 Å². The van der Waals surface area contributed by atoms with Gasteiger partial charge in [-0.2, -0.15) is 0 Å². The molecular weight excluding hydrogens is 482 g/mol. The Bertz CT molecular complexity index is 1340. The molecule has 0 unspecified atom stereocenters. The molecule has 4 heteroatoms. The van der Waals surface area contributed by atoms with E-state index in [9.17, 15) is 14.4 Å². The highest BCUT2D eigenvalue weighted by Crippen LogP contribution is 2.58. The van der Waals surface area contributed by atoms with E-state index in [-0.39, 0.29) is 35.4 Å². The first-order valence-electron chi connectivity index (χ1n) is 14.3. The number of ketones is 1. The lowest BCUT2D eigenvalue weighted by atomic mass is 9.54. The summed E-state index contributed by atoms with van der Waals surface area (Å²) in [6, 6.07) is 18.6. The average Bonchev–Trinajstić information content (AvgIpc) is 3.18. The fourth-order valence-corrected chi connectivity index (χ4v) is 7.23. The number of nitrogens with zero attached hydrogens (tertiary/aromatic N) is 1. The highest BCUT2D eigenvalue weighted by atomic mass is 16.2. The number of likely N-dealkylation sites (tertiary alicyclic amines) is 1. The second-order valence-electron chi connectivity index (χ2n) is 11.8. The van der Waals surface area contributed by atoms with Crippen LogP contribution in [0.5, 0.6) is 0 Å². The summed E-state index contributed by atoms with van der Waals surface area (Å²) in [7, 11) is 0. The third-order valence-corrected chi connectivity index (χ3v) is 9.23. The Hall–Kier alpha value is -3.53. The summed E-state index contributed by atoms with van der Waals surface area (Å²) in [4.78, 5) is 45.0. The van der Waals surface area contributed by atoms with E-state index in [2.05, 4.69) is 52.0 Å². The first-order chi connectivity index (χ1) is 18.7. The number of hydrogen-bond donors (Lipinski definition) is 0. The van der Waals surface area contributed by atoms with E-state index in [1.165, 1.54) is 16.0 Å². The van der Waals surface area contributed by atoms with Gasteiger partial charge in [-0.05, 0) is 62.6 Å². The molecular formula is C35H39NO3. The highest BCUT2D eigenvalue weighted by molar-refractivity contribution is 6.17. The van der Waals surface area contributed by atoms with Crippen LogP contribution in [-0.4, -0.2) is 28.5 Å². The minimum Gasteiger partial charge on any atom is -0.298 e. The first kappa shape index (κ1) is 27.1. The first-order valence-corrected chi connectivity index (χ1v) is 14.3. The van der Waals surface area contributed by atoms with Gasteiger partial charge in [-0.3, -0.25) is 19.3 Å². The predicted molar refractivity (Wildman–Crippen MR) is 155 cm³/mol. The van der Waals surface area contributed by atoms with Crippen molar-refractivity contribution in [3.8, 4) is 0 Å². The van der Waals surface area contributed by atoms with E-state index < -0.39 is 11.5 Å². The molecule has 0 aromatic heterocycles. The summed E-state index contributed by atoms with van der Waals surface area (Å²) in [5.41, 5.74) is 2.58. The summed E-state index contributed by atoms with van der Waals surface area (Å²) < 4.78 is 0. The number of carbonyl (C=O) groups is 3. The molecule has 202 valence electrons. The van der Waals surface area contributed by atoms with Gasteiger partial charge in [0, 0.05) is 29.9 Å². The van der Waals surface area contributed by atoms with Crippen LogP contribution in [-0.2, 0) is 16.0 Å². The number of carbonyl (C=O) groups excluding carboxylic acids is 3. The molecule has 0 saturated carbocycles. The minimum atomic E-state index is -1.30. The van der Waals surface area contributed by atoms with Gasteiger partial charge in [0.2, 0.25) is 5.91 Å². The van der Waals surface area contributed by atoms with Crippen LogP contribution < -0.4 is 0 Å². The Morgan fingerprint density at radius 3 is 2.28 bits per heavy atom. The molecule has 1 fully saturated rings. The van der Waals surface area contributed by atoms with E-state index >= 15 is 0 Å². The topological polar surface area (TPSA) is 54.5 Å². The zero-order valence-corrected chi connectivity index (χ0v) is 23.5. The van der Waals surface area contributed by atoms with Crippen molar-refractivity contribution in [1.82, 2.24) is 4.90 Å². The SMILES string of the molecule is CC1=C[C@@H]2/C=C\C[C@H](C)/C=C(\C)CCC(=O)[C@]23C(=O)N(C(=O)c2ccccc2)[C@@H](Cc2ccccc2)[C@@H]3[C@@H]1C. The van der Waals surface area contributed by atoms with Gasteiger partial charge in [-0.15, -0.1) is 0 Å². The maximum Gasteiger partial charge on any atom is 0.260 e. The number of amides is 2. The fraction of sp³-hybridized carbons (Fsp3) is 0.400. The van der Waals surface area contributed by atoms with Crippen LogP contribution in [0.2, 0.25) is 0 Å². The van der Waals surface area contributed by atoms with E-state index in [0.29, 0.717) is 30.7 Å². The Balaban J connectivity index is 1.71. The van der Waals surface area contributed by atoms with E-state index in [1.54, 1.807) is 12.1 Å². The molecule has 1 heterocycles. The van der Waals surface area contributed by atoms with Crippen molar-refractivity contribution in [1.29, 1.82) is 0 Å². The fourth-order valence-electron chi connectivity index (χ4n) is 7.23. The molecule has 0 radical (unpaired) electrons. The van der Waals surface area contributed by atoms with E-state index in [1.807, 2.05) is 48.5 Å². The standard InChI is InChI=1S/C35H39NO3/c1-23-12-11-17-29-21-25(3)26(4)32-30(22-27-13-7-5-8-14-27)36(33(38)28-15-9-6-10-16-28)34(39)35(29,32)31(37)19-18-24(2)20-23/h5-11,13-17,20-21,23,26,29-30,32H,12,18-19,22H2,1-4H3/b17-11-,24-20+/t23-,26+,29-,30-,32-,35+/m0/s1. The Kier molecular flexibility index (Phi) is 7.57. The predicted octanol–water partition coefficient (Wildman–Crippen LogP) is 6.99. The molecule has 2 amide bonds. The summed E-state index contributed by atoms with van der Waals surface area (Å²) in [5.74, 6) is -1.04. The third kappa shape index (κ3) is 4.75. The van der Waals surface area contributed by atoms with Crippen molar-refractivity contribution in [3.05, 3.63) is 107 Å².